The Kier molecular flexibility index (Phi) is 8.08. The molecule has 1 aromatic heterocycles. The van der Waals surface area contributed by atoms with E-state index in [0.29, 0.717) is 0 Å². The summed E-state index contributed by atoms with van der Waals surface area (Å²) in [5, 5.41) is 5.12. The number of nitrogens with zero attached hydrogens (tertiary/aromatic N) is 1. The molecule has 0 amide bonds. The van der Waals surface area contributed by atoms with Gasteiger partial charge in [0, 0.05) is 32.3 Å². The molecule has 0 bridgehead atoms. The van der Waals surface area contributed by atoms with Crippen LogP contribution in [0.15, 0.2) is 261 Å². The zero-order chi connectivity index (χ0) is 48.3. The van der Waals surface area contributed by atoms with Crippen molar-refractivity contribution in [3.8, 4) is 55.6 Å². The number of rotatable bonds is 4. The fourth-order valence-corrected chi connectivity index (χ4v) is 15.9. The van der Waals surface area contributed by atoms with E-state index >= 15 is 0 Å². The van der Waals surface area contributed by atoms with Crippen molar-refractivity contribution in [3.05, 3.63) is 305 Å². The molecule has 2 spiro atoms. The van der Waals surface area contributed by atoms with Gasteiger partial charge in [0.2, 0.25) is 0 Å². The Morgan fingerprint density at radius 1 is 0.284 bits per heavy atom. The molecule has 13 aromatic rings. The molecule has 4 aliphatic rings. The highest BCUT2D eigenvalue weighted by molar-refractivity contribution is 7.27. The third-order valence-electron chi connectivity index (χ3n) is 17.3. The molecule has 0 N–H and O–H groups in total. The summed E-state index contributed by atoms with van der Waals surface area (Å²) in [5.41, 5.74) is 26.1. The van der Waals surface area contributed by atoms with Crippen molar-refractivity contribution in [2.45, 2.75) is 10.8 Å². The average molecular weight is 954 g/mol. The number of hydrogen-bond donors (Lipinski definition) is 0. The lowest BCUT2D eigenvalue weighted by atomic mass is 9.70. The number of thiophene rings is 1. The van der Waals surface area contributed by atoms with Gasteiger partial charge in [0.05, 0.1) is 26.9 Å². The van der Waals surface area contributed by atoms with Crippen LogP contribution in [0, 0.1) is 0 Å². The standard InChI is InChI=1S/C72H43NS/c1-2-20-44(21-3-1)56-42-45-22-4-5-23-47(45)67-55-30-18-39-66(69(55)74-70(56)67)73(46-40-41-53-52-28-10-16-35-61(52)72(64(53)43-46)59-33-14-8-26-50(59)51-27-9-15-34-60(51)72)65-38-19-37-63-68(65)54-29-11-17-36-62(54)71(63)57-31-12-6-24-48(57)49-25-7-13-32-58(49)71/h1-43H. The van der Waals surface area contributed by atoms with Gasteiger partial charge in [-0.15, -0.1) is 11.3 Å². The van der Waals surface area contributed by atoms with Gasteiger partial charge >= 0.3 is 0 Å². The molecule has 0 fully saturated rings. The molecule has 0 aliphatic heterocycles. The second kappa shape index (κ2) is 14.8. The molecule has 74 heavy (non-hydrogen) atoms. The maximum Gasteiger partial charge on any atom is 0.0726 e. The summed E-state index contributed by atoms with van der Waals surface area (Å²) in [6.45, 7) is 0. The molecular formula is C72H43NS. The van der Waals surface area contributed by atoms with Crippen molar-refractivity contribution < 1.29 is 0 Å². The highest BCUT2D eigenvalue weighted by atomic mass is 32.1. The minimum absolute atomic E-state index is 0.491. The van der Waals surface area contributed by atoms with Crippen LogP contribution in [0.2, 0.25) is 0 Å². The Balaban J connectivity index is 1.01. The molecule has 17 rings (SSSR count). The van der Waals surface area contributed by atoms with Crippen molar-refractivity contribution in [1.82, 2.24) is 0 Å². The summed E-state index contributed by atoms with van der Waals surface area (Å²) >= 11 is 1.94. The molecule has 342 valence electrons. The summed E-state index contributed by atoms with van der Waals surface area (Å²) in [6.07, 6.45) is 0. The highest BCUT2D eigenvalue weighted by Gasteiger charge is 2.54. The Morgan fingerprint density at radius 3 is 1.34 bits per heavy atom. The van der Waals surface area contributed by atoms with Crippen LogP contribution in [0.4, 0.5) is 17.1 Å². The van der Waals surface area contributed by atoms with Crippen LogP contribution in [-0.2, 0) is 10.8 Å². The molecular weight excluding hydrogens is 911 g/mol. The van der Waals surface area contributed by atoms with Gasteiger partial charge < -0.3 is 4.90 Å². The van der Waals surface area contributed by atoms with Crippen LogP contribution in [0.25, 0.3) is 86.6 Å². The Labute approximate surface area is 433 Å². The van der Waals surface area contributed by atoms with Gasteiger partial charge in [-0.2, -0.15) is 0 Å². The van der Waals surface area contributed by atoms with Gasteiger partial charge in [-0.05, 0) is 130 Å². The first kappa shape index (κ1) is 40.5. The number of fused-ring (bicyclic) bond motifs is 25. The fourth-order valence-electron chi connectivity index (χ4n) is 14.6. The predicted molar refractivity (Wildman–Crippen MR) is 310 cm³/mol. The topological polar surface area (TPSA) is 3.24 Å². The van der Waals surface area contributed by atoms with E-state index in [-0.39, 0.29) is 0 Å². The van der Waals surface area contributed by atoms with E-state index in [1.54, 1.807) is 0 Å². The first-order valence-electron chi connectivity index (χ1n) is 25.8. The largest absolute Gasteiger partial charge is 0.308 e. The summed E-state index contributed by atoms with van der Waals surface area (Å²) in [7, 11) is 0. The molecule has 12 aromatic carbocycles. The molecule has 0 radical (unpaired) electrons. The maximum atomic E-state index is 2.65. The Hall–Kier alpha value is -9.08. The fraction of sp³-hybridized carbons (Fsp3) is 0.0278. The SMILES string of the molecule is c1ccc(-c2cc3ccccc3c3c2sc2c(N(c4ccc5c(c4)C4(c6ccccc6-c6ccccc64)c4ccccc4-5)c4cccc5c4-c4ccccc4C54c5ccccc5-c5ccccc54)cccc23)cc1. The third kappa shape index (κ3) is 4.94. The molecule has 4 aliphatic carbocycles. The maximum absolute atomic E-state index is 2.65. The van der Waals surface area contributed by atoms with Gasteiger partial charge in [-0.1, -0.05) is 231 Å². The first-order valence-corrected chi connectivity index (χ1v) is 26.7. The number of hydrogen-bond acceptors (Lipinski definition) is 2. The van der Waals surface area contributed by atoms with E-state index < -0.39 is 10.8 Å². The number of anilines is 3. The zero-order valence-electron chi connectivity index (χ0n) is 40.2. The summed E-state index contributed by atoms with van der Waals surface area (Å²) < 4.78 is 2.57. The van der Waals surface area contributed by atoms with Crippen LogP contribution in [0.5, 0.6) is 0 Å². The van der Waals surface area contributed by atoms with E-state index in [1.807, 2.05) is 11.3 Å². The van der Waals surface area contributed by atoms with Crippen molar-refractivity contribution in [2.24, 2.45) is 0 Å². The molecule has 2 heteroatoms. The summed E-state index contributed by atoms with van der Waals surface area (Å²) in [5.74, 6) is 0. The lowest BCUT2D eigenvalue weighted by Crippen LogP contribution is -2.26. The summed E-state index contributed by atoms with van der Waals surface area (Å²) in [4.78, 5) is 2.65. The predicted octanol–water partition coefficient (Wildman–Crippen LogP) is 19.0. The van der Waals surface area contributed by atoms with Crippen LogP contribution in [0.3, 0.4) is 0 Å². The summed E-state index contributed by atoms with van der Waals surface area (Å²) in [6, 6.07) is 99.0. The van der Waals surface area contributed by atoms with Crippen LogP contribution >= 0.6 is 11.3 Å². The van der Waals surface area contributed by atoms with Gasteiger partial charge in [0.1, 0.15) is 0 Å². The molecule has 0 unspecified atom stereocenters. The van der Waals surface area contributed by atoms with E-state index in [4.69, 9.17) is 0 Å². The lowest BCUT2D eigenvalue weighted by molar-refractivity contribution is 0.793. The van der Waals surface area contributed by atoms with Crippen LogP contribution in [0.1, 0.15) is 44.5 Å². The van der Waals surface area contributed by atoms with Crippen molar-refractivity contribution in [1.29, 1.82) is 0 Å². The smallest absolute Gasteiger partial charge is 0.0726 e. The quantitative estimate of drug-likeness (QED) is 0.170. The zero-order valence-corrected chi connectivity index (χ0v) is 41.0. The first-order chi connectivity index (χ1) is 36.7. The van der Waals surface area contributed by atoms with Gasteiger partial charge in [-0.25, -0.2) is 0 Å². The van der Waals surface area contributed by atoms with Crippen LogP contribution < -0.4 is 4.90 Å². The van der Waals surface area contributed by atoms with Gasteiger partial charge in [0.15, 0.2) is 0 Å². The van der Waals surface area contributed by atoms with E-state index in [0.717, 1.165) is 5.69 Å². The molecule has 0 saturated heterocycles. The van der Waals surface area contributed by atoms with Crippen molar-refractivity contribution >= 4 is 59.3 Å². The molecule has 1 nitrogen and oxygen atoms in total. The molecule has 0 saturated carbocycles. The Morgan fingerprint density at radius 2 is 0.730 bits per heavy atom. The van der Waals surface area contributed by atoms with E-state index in [9.17, 15) is 0 Å². The van der Waals surface area contributed by atoms with Crippen LogP contribution in [-0.4, -0.2) is 0 Å². The average Bonchev–Trinajstić information content (AvgIpc) is 4.26. The minimum atomic E-state index is -0.500. The second-order valence-electron chi connectivity index (χ2n) is 20.5. The van der Waals surface area contributed by atoms with Gasteiger partial charge in [0.25, 0.3) is 0 Å². The molecule has 0 atom stereocenters. The Bertz CT molecular complexity index is 4460. The minimum Gasteiger partial charge on any atom is -0.308 e. The monoisotopic (exact) mass is 953 g/mol. The highest BCUT2D eigenvalue weighted by Crippen LogP contribution is 2.67. The lowest BCUT2D eigenvalue weighted by Gasteiger charge is -2.33. The normalized spacial score (nSPS) is 14.2. The van der Waals surface area contributed by atoms with E-state index in [2.05, 4.69) is 266 Å². The van der Waals surface area contributed by atoms with Gasteiger partial charge in [-0.3, -0.25) is 0 Å². The van der Waals surface area contributed by atoms with E-state index in [1.165, 1.54) is 142 Å². The van der Waals surface area contributed by atoms with Crippen molar-refractivity contribution in [2.75, 3.05) is 4.90 Å². The second-order valence-corrected chi connectivity index (χ2v) is 21.5. The third-order valence-corrected chi connectivity index (χ3v) is 18.5. The number of benzene rings is 12. The van der Waals surface area contributed by atoms with Crippen molar-refractivity contribution in [3.63, 3.8) is 0 Å². The molecule has 1 heterocycles.